The molecule has 0 saturated heterocycles. The monoisotopic (exact) mass is 286 g/mol. The van der Waals surface area contributed by atoms with Crippen molar-refractivity contribution in [1.29, 1.82) is 0 Å². The van der Waals surface area contributed by atoms with E-state index in [2.05, 4.69) is 34.6 Å². The first kappa shape index (κ1) is 13.5. The normalized spacial score (nSPS) is 17.6. The first-order valence-corrected chi connectivity index (χ1v) is 7.80. The fraction of sp³-hybridized carbons (Fsp3) is 0.312. The molecule has 0 amide bonds. The number of aromatic nitrogens is 1. The van der Waals surface area contributed by atoms with Gasteiger partial charge in [0.15, 0.2) is 0 Å². The topological polar surface area (TPSA) is 34.1 Å². The van der Waals surface area contributed by atoms with Gasteiger partial charge in [-0.15, -0.1) is 11.8 Å². The molecular weight excluding hydrogens is 268 g/mol. The van der Waals surface area contributed by atoms with Crippen LogP contribution in [0.3, 0.4) is 0 Å². The van der Waals surface area contributed by atoms with Crippen molar-refractivity contribution in [2.45, 2.75) is 23.9 Å². The second-order valence-corrected chi connectivity index (χ2v) is 5.92. The molecule has 1 aliphatic rings. The van der Waals surface area contributed by atoms with Gasteiger partial charge in [0.25, 0.3) is 0 Å². The second kappa shape index (κ2) is 6.29. The van der Waals surface area contributed by atoms with Crippen LogP contribution >= 0.6 is 11.8 Å². The Bertz CT molecular complexity index is 588. The van der Waals surface area contributed by atoms with Crippen molar-refractivity contribution in [3.63, 3.8) is 0 Å². The number of fused-ring (bicyclic) bond motifs is 1. The van der Waals surface area contributed by atoms with E-state index >= 15 is 0 Å². The number of ether oxygens (including phenoxy) is 1. The summed E-state index contributed by atoms with van der Waals surface area (Å²) in [7, 11) is 1.65. The van der Waals surface area contributed by atoms with E-state index in [-0.39, 0.29) is 0 Å². The largest absolute Gasteiger partial charge is 0.481 e. The van der Waals surface area contributed by atoms with Crippen molar-refractivity contribution in [2.24, 2.45) is 0 Å². The number of nitrogens with one attached hydrogen (secondary N) is 1. The lowest BCUT2D eigenvalue weighted by atomic mass is 10.0. The van der Waals surface area contributed by atoms with Crippen molar-refractivity contribution in [3.05, 3.63) is 53.7 Å². The van der Waals surface area contributed by atoms with Crippen molar-refractivity contribution in [2.75, 3.05) is 12.9 Å². The summed E-state index contributed by atoms with van der Waals surface area (Å²) >= 11 is 1.94. The van der Waals surface area contributed by atoms with E-state index in [0.717, 1.165) is 18.7 Å². The molecule has 1 aromatic heterocycles. The van der Waals surface area contributed by atoms with Crippen molar-refractivity contribution < 1.29 is 4.74 Å². The Balaban J connectivity index is 1.70. The van der Waals surface area contributed by atoms with Crippen LogP contribution in [0, 0.1) is 0 Å². The molecule has 0 saturated carbocycles. The van der Waals surface area contributed by atoms with Gasteiger partial charge in [-0.05, 0) is 29.9 Å². The molecule has 1 N–H and O–H groups in total. The van der Waals surface area contributed by atoms with E-state index in [1.54, 1.807) is 7.11 Å². The van der Waals surface area contributed by atoms with Crippen LogP contribution in [-0.2, 0) is 6.54 Å². The van der Waals surface area contributed by atoms with Crippen LogP contribution in [0.2, 0.25) is 0 Å². The zero-order chi connectivity index (χ0) is 13.8. The Morgan fingerprint density at radius 3 is 3.05 bits per heavy atom. The quantitative estimate of drug-likeness (QED) is 0.934. The Kier molecular flexibility index (Phi) is 4.23. The molecule has 1 unspecified atom stereocenters. The number of nitrogens with zero attached hydrogens (tertiary/aromatic N) is 1. The Labute approximate surface area is 123 Å². The smallest absolute Gasteiger partial charge is 0.213 e. The third kappa shape index (κ3) is 2.97. The average molecular weight is 286 g/mol. The lowest BCUT2D eigenvalue weighted by Gasteiger charge is -2.25. The van der Waals surface area contributed by atoms with Gasteiger partial charge in [-0.25, -0.2) is 4.98 Å². The predicted octanol–water partition coefficient (Wildman–Crippen LogP) is 3.42. The molecule has 3 nitrogen and oxygen atoms in total. The van der Waals surface area contributed by atoms with Crippen LogP contribution < -0.4 is 10.1 Å². The minimum Gasteiger partial charge on any atom is -0.481 e. The highest BCUT2D eigenvalue weighted by Crippen LogP contribution is 2.35. The molecule has 0 bridgehead atoms. The zero-order valence-electron chi connectivity index (χ0n) is 11.5. The molecule has 0 radical (unpaired) electrons. The molecule has 20 heavy (non-hydrogen) atoms. The van der Waals surface area contributed by atoms with Crippen LogP contribution in [0.25, 0.3) is 0 Å². The van der Waals surface area contributed by atoms with Crippen LogP contribution in [0.15, 0.2) is 47.4 Å². The molecule has 3 rings (SSSR count). The van der Waals surface area contributed by atoms with Gasteiger partial charge in [0.05, 0.1) is 12.8 Å². The summed E-state index contributed by atoms with van der Waals surface area (Å²) in [5.74, 6) is 1.84. The van der Waals surface area contributed by atoms with Crippen LogP contribution in [0.4, 0.5) is 0 Å². The van der Waals surface area contributed by atoms with E-state index < -0.39 is 0 Å². The lowest BCUT2D eigenvalue weighted by molar-refractivity contribution is 0.394. The van der Waals surface area contributed by atoms with E-state index in [1.165, 1.54) is 16.2 Å². The number of hydrogen-bond acceptors (Lipinski definition) is 4. The first-order chi connectivity index (χ1) is 9.86. The maximum atomic E-state index is 5.16. The summed E-state index contributed by atoms with van der Waals surface area (Å²) in [6, 6.07) is 14.9. The lowest BCUT2D eigenvalue weighted by Crippen LogP contribution is -2.24. The van der Waals surface area contributed by atoms with Gasteiger partial charge in [0, 0.05) is 23.5 Å². The number of hydrogen-bond donors (Lipinski definition) is 1. The molecule has 0 spiro atoms. The summed E-state index contributed by atoms with van der Waals surface area (Å²) in [6.45, 7) is 0.765. The molecule has 0 aliphatic carbocycles. The number of rotatable bonds is 4. The maximum absolute atomic E-state index is 5.16. The molecule has 1 aromatic carbocycles. The first-order valence-electron chi connectivity index (χ1n) is 6.82. The van der Waals surface area contributed by atoms with Crippen LogP contribution in [0.5, 0.6) is 5.88 Å². The minimum atomic E-state index is 0.417. The van der Waals surface area contributed by atoms with Crippen molar-refractivity contribution in [3.8, 4) is 5.88 Å². The van der Waals surface area contributed by atoms with E-state index in [9.17, 15) is 0 Å². The number of benzene rings is 1. The molecule has 1 aliphatic heterocycles. The molecule has 104 valence electrons. The summed E-state index contributed by atoms with van der Waals surface area (Å²) in [6.07, 6.45) is 1.16. The highest BCUT2D eigenvalue weighted by molar-refractivity contribution is 7.99. The molecule has 0 fully saturated rings. The average Bonchev–Trinajstić information content (AvgIpc) is 2.53. The minimum absolute atomic E-state index is 0.417. The highest BCUT2D eigenvalue weighted by Gasteiger charge is 2.19. The molecular formula is C16H18N2OS. The van der Waals surface area contributed by atoms with Gasteiger partial charge in [0.2, 0.25) is 5.88 Å². The van der Waals surface area contributed by atoms with E-state index in [0.29, 0.717) is 11.9 Å². The van der Waals surface area contributed by atoms with Gasteiger partial charge >= 0.3 is 0 Å². The molecule has 2 aromatic rings. The fourth-order valence-electron chi connectivity index (χ4n) is 2.45. The van der Waals surface area contributed by atoms with Crippen molar-refractivity contribution >= 4 is 11.8 Å². The van der Waals surface area contributed by atoms with Crippen LogP contribution in [-0.4, -0.2) is 17.8 Å². The van der Waals surface area contributed by atoms with Gasteiger partial charge < -0.3 is 10.1 Å². The SMILES string of the molecule is COc1cccc(CNC2CCSc3ccccc32)n1. The van der Waals surface area contributed by atoms with Crippen molar-refractivity contribution in [1.82, 2.24) is 10.3 Å². The fourth-order valence-corrected chi connectivity index (χ4v) is 3.58. The zero-order valence-corrected chi connectivity index (χ0v) is 12.3. The maximum Gasteiger partial charge on any atom is 0.213 e. The second-order valence-electron chi connectivity index (χ2n) is 4.78. The highest BCUT2D eigenvalue weighted by atomic mass is 32.2. The Morgan fingerprint density at radius 2 is 2.15 bits per heavy atom. The number of thioether (sulfide) groups is 1. The van der Waals surface area contributed by atoms with Crippen LogP contribution in [0.1, 0.15) is 23.7 Å². The van der Waals surface area contributed by atoms with Gasteiger partial charge in [-0.1, -0.05) is 24.3 Å². The number of pyridine rings is 1. The van der Waals surface area contributed by atoms with Gasteiger partial charge in [-0.2, -0.15) is 0 Å². The molecule has 2 heterocycles. The number of methoxy groups -OCH3 is 1. The van der Waals surface area contributed by atoms with E-state index in [4.69, 9.17) is 4.74 Å². The molecule has 4 heteroatoms. The summed E-state index contributed by atoms with van der Waals surface area (Å²) in [5.41, 5.74) is 2.42. The summed E-state index contributed by atoms with van der Waals surface area (Å²) in [5, 5.41) is 3.61. The Hall–Kier alpha value is -1.52. The summed E-state index contributed by atoms with van der Waals surface area (Å²) in [4.78, 5) is 5.84. The third-order valence-electron chi connectivity index (χ3n) is 3.48. The third-order valence-corrected chi connectivity index (χ3v) is 4.60. The summed E-state index contributed by atoms with van der Waals surface area (Å²) < 4.78 is 5.16. The molecule has 1 atom stereocenters. The van der Waals surface area contributed by atoms with Gasteiger partial charge in [-0.3, -0.25) is 0 Å². The predicted molar refractivity (Wildman–Crippen MR) is 82.2 cm³/mol. The Morgan fingerprint density at radius 1 is 1.25 bits per heavy atom. The van der Waals surface area contributed by atoms with E-state index in [1.807, 2.05) is 30.0 Å². The standard InChI is InChI=1S/C16H18N2OS/c1-19-16-8-4-5-12(18-16)11-17-14-9-10-20-15-7-3-2-6-13(14)15/h2-8,14,17H,9-11H2,1H3. The van der Waals surface area contributed by atoms with Gasteiger partial charge in [0.1, 0.15) is 0 Å².